The zero-order chi connectivity index (χ0) is 12.4. The van der Waals surface area contributed by atoms with Gasteiger partial charge in [0.2, 0.25) is 0 Å². The van der Waals surface area contributed by atoms with E-state index in [9.17, 15) is 0 Å². The standard InChI is InChI=1S/C11H19N5OS/c12-11-10(13-14-18-11)8-15-2-1-9(7-15)16-3-5-17-6-4-16/h9H,1-8,12H2. The van der Waals surface area contributed by atoms with Crippen molar-refractivity contribution >= 4 is 16.5 Å². The molecule has 3 heterocycles. The molecule has 0 saturated carbocycles. The molecule has 0 spiro atoms. The minimum Gasteiger partial charge on any atom is -0.388 e. The molecule has 0 radical (unpaired) electrons. The average Bonchev–Trinajstić information content (AvgIpc) is 3.02. The summed E-state index contributed by atoms with van der Waals surface area (Å²) in [4.78, 5) is 4.97. The Morgan fingerprint density at radius 3 is 2.89 bits per heavy atom. The summed E-state index contributed by atoms with van der Waals surface area (Å²) in [7, 11) is 0. The van der Waals surface area contributed by atoms with Gasteiger partial charge in [-0.15, -0.1) is 5.10 Å². The molecule has 2 saturated heterocycles. The van der Waals surface area contributed by atoms with Gasteiger partial charge in [0.15, 0.2) is 0 Å². The lowest BCUT2D eigenvalue weighted by atomic mass is 10.2. The number of anilines is 1. The highest BCUT2D eigenvalue weighted by atomic mass is 32.1. The van der Waals surface area contributed by atoms with Crippen LogP contribution in [0.4, 0.5) is 5.00 Å². The molecule has 1 aromatic heterocycles. The van der Waals surface area contributed by atoms with Crippen molar-refractivity contribution in [3.05, 3.63) is 5.69 Å². The number of hydrogen-bond acceptors (Lipinski definition) is 7. The maximum Gasteiger partial charge on any atom is 0.132 e. The fourth-order valence-electron chi connectivity index (χ4n) is 2.73. The van der Waals surface area contributed by atoms with Gasteiger partial charge in [-0.05, 0) is 6.42 Å². The maximum absolute atomic E-state index is 5.84. The van der Waals surface area contributed by atoms with Gasteiger partial charge >= 0.3 is 0 Å². The first-order chi connectivity index (χ1) is 8.83. The molecule has 2 fully saturated rings. The van der Waals surface area contributed by atoms with E-state index in [4.69, 9.17) is 10.5 Å². The Hall–Kier alpha value is -0.760. The molecule has 1 unspecified atom stereocenters. The molecular weight excluding hydrogens is 250 g/mol. The smallest absolute Gasteiger partial charge is 0.132 e. The Bertz CT molecular complexity index is 393. The molecule has 6 nitrogen and oxygen atoms in total. The van der Waals surface area contributed by atoms with Gasteiger partial charge in [0.1, 0.15) is 10.7 Å². The van der Waals surface area contributed by atoms with Crippen molar-refractivity contribution < 1.29 is 4.74 Å². The van der Waals surface area contributed by atoms with E-state index < -0.39 is 0 Å². The lowest BCUT2D eigenvalue weighted by Crippen LogP contribution is -2.44. The maximum atomic E-state index is 5.84. The first kappa shape index (κ1) is 12.3. The molecule has 7 heteroatoms. The van der Waals surface area contributed by atoms with Crippen LogP contribution in [0.15, 0.2) is 0 Å². The molecule has 0 amide bonds. The summed E-state index contributed by atoms with van der Waals surface area (Å²) in [6.07, 6.45) is 1.23. The Morgan fingerprint density at radius 1 is 1.33 bits per heavy atom. The third kappa shape index (κ3) is 2.64. The van der Waals surface area contributed by atoms with Crippen LogP contribution in [0.25, 0.3) is 0 Å². The number of rotatable bonds is 3. The van der Waals surface area contributed by atoms with Gasteiger partial charge in [0.25, 0.3) is 0 Å². The highest BCUT2D eigenvalue weighted by Gasteiger charge is 2.29. The van der Waals surface area contributed by atoms with Crippen LogP contribution in [0.2, 0.25) is 0 Å². The molecular formula is C11H19N5OS. The number of morpholine rings is 1. The third-order valence-electron chi connectivity index (χ3n) is 3.77. The zero-order valence-electron chi connectivity index (χ0n) is 10.4. The van der Waals surface area contributed by atoms with E-state index in [1.165, 1.54) is 18.0 Å². The quantitative estimate of drug-likeness (QED) is 0.835. The van der Waals surface area contributed by atoms with E-state index in [1.807, 2.05) is 0 Å². The summed E-state index contributed by atoms with van der Waals surface area (Å²) >= 11 is 1.28. The van der Waals surface area contributed by atoms with Gasteiger partial charge in [0, 0.05) is 50.3 Å². The van der Waals surface area contributed by atoms with E-state index >= 15 is 0 Å². The van der Waals surface area contributed by atoms with Crippen LogP contribution < -0.4 is 5.73 Å². The van der Waals surface area contributed by atoms with Crippen LogP contribution in [0.5, 0.6) is 0 Å². The molecule has 18 heavy (non-hydrogen) atoms. The second-order valence-corrected chi connectivity index (χ2v) is 5.70. The molecule has 0 bridgehead atoms. The summed E-state index contributed by atoms with van der Waals surface area (Å²) in [5, 5.41) is 4.84. The molecule has 3 rings (SSSR count). The van der Waals surface area contributed by atoms with Crippen LogP contribution in [0.1, 0.15) is 12.1 Å². The van der Waals surface area contributed by atoms with Crippen molar-refractivity contribution in [3.8, 4) is 0 Å². The van der Waals surface area contributed by atoms with Gasteiger partial charge in [-0.25, -0.2) is 0 Å². The van der Waals surface area contributed by atoms with Crippen LogP contribution >= 0.6 is 11.5 Å². The van der Waals surface area contributed by atoms with Crippen LogP contribution in [0.3, 0.4) is 0 Å². The first-order valence-electron chi connectivity index (χ1n) is 6.44. The van der Waals surface area contributed by atoms with Gasteiger partial charge in [-0.1, -0.05) is 4.49 Å². The second kappa shape index (κ2) is 5.48. The van der Waals surface area contributed by atoms with Crippen molar-refractivity contribution in [1.29, 1.82) is 0 Å². The first-order valence-corrected chi connectivity index (χ1v) is 7.21. The van der Waals surface area contributed by atoms with Crippen molar-refractivity contribution in [2.24, 2.45) is 0 Å². The van der Waals surface area contributed by atoms with Crippen LogP contribution in [-0.4, -0.2) is 64.8 Å². The van der Waals surface area contributed by atoms with Gasteiger partial charge in [-0.2, -0.15) is 0 Å². The molecule has 0 aliphatic carbocycles. The van der Waals surface area contributed by atoms with Crippen molar-refractivity contribution in [1.82, 2.24) is 19.4 Å². The minimum atomic E-state index is 0.668. The average molecular weight is 269 g/mol. The minimum absolute atomic E-state index is 0.668. The Kier molecular flexibility index (Phi) is 3.74. The highest BCUT2D eigenvalue weighted by molar-refractivity contribution is 7.09. The van der Waals surface area contributed by atoms with Crippen molar-refractivity contribution in [2.75, 3.05) is 45.1 Å². The molecule has 2 N–H and O–H groups in total. The molecule has 1 aromatic rings. The summed E-state index contributed by atoms with van der Waals surface area (Å²) in [5.41, 5.74) is 6.77. The number of nitrogens with zero attached hydrogens (tertiary/aromatic N) is 4. The van der Waals surface area contributed by atoms with E-state index in [-0.39, 0.29) is 0 Å². The molecule has 0 aromatic carbocycles. The van der Waals surface area contributed by atoms with Crippen LogP contribution in [0, 0.1) is 0 Å². The number of hydrogen-bond donors (Lipinski definition) is 1. The largest absolute Gasteiger partial charge is 0.388 e. The number of likely N-dealkylation sites (tertiary alicyclic amines) is 1. The Labute approximate surface area is 111 Å². The van der Waals surface area contributed by atoms with E-state index in [0.717, 1.165) is 56.6 Å². The normalized spacial score (nSPS) is 26.8. The highest BCUT2D eigenvalue weighted by Crippen LogP contribution is 2.21. The Morgan fingerprint density at radius 2 is 2.17 bits per heavy atom. The fraction of sp³-hybridized carbons (Fsp3) is 0.818. The SMILES string of the molecule is Nc1snnc1CN1CCC(N2CCOCC2)C1. The zero-order valence-corrected chi connectivity index (χ0v) is 11.2. The molecule has 100 valence electrons. The number of nitrogens with two attached hydrogens (primary N) is 1. The third-order valence-corrected chi connectivity index (χ3v) is 4.36. The number of aromatic nitrogens is 2. The second-order valence-electron chi connectivity index (χ2n) is 4.91. The molecule has 2 aliphatic heterocycles. The van der Waals surface area contributed by atoms with E-state index in [1.54, 1.807) is 0 Å². The molecule has 2 aliphatic rings. The number of ether oxygens (including phenoxy) is 1. The predicted octanol–water partition coefficient (Wildman–Crippen LogP) is 0.0268. The lowest BCUT2D eigenvalue weighted by Gasteiger charge is -2.32. The topological polar surface area (TPSA) is 67.5 Å². The summed E-state index contributed by atoms with van der Waals surface area (Å²) in [5.74, 6) is 0. The van der Waals surface area contributed by atoms with Crippen molar-refractivity contribution in [2.45, 2.75) is 19.0 Å². The van der Waals surface area contributed by atoms with Crippen LogP contribution in [-0.2, 0) is 11.3 Å². The summed E-state index contributed by atoms with van der Waals surface area (Å²) in [6, 6.07) is 0.668. The van der Waals surface area contributed by atoms with Gasteiger partial charge in [0.05, 0.1) is 13.2 Å². The van der Waals surface area contributed by atoms with Gasteiger partial charge in [-0.3, -0.25) is 9.80 Å². The van der Waals surface area contributed by atoms with Gasteiger partial charge < -0.3 is 10.5 Å². The van der Waals surface area contributed by atoms with Crippen molar-refractivity contribution in [3.63, 3.8) is 0 Å². The van der Waals surface area contributed by atoms with E-state index in [0.29, 0.717) is 6.04 Å². The summed E-state index contributed by atoms with van der Waals surface area (Å²) in [6.45, 7) is 6.95. The lowest BCUT2D eigenvalue weighted by molar-refractivity contribution is 0.0183. The summed E-state index contributed by atoms with van der Waals surface area (Å²) < 4.78 is 9.28. The Balaban J connectivity index is 1.53. The molecule has 1 atom stereocenters. The monoisotopic (exact) mass is 269 g/mol. The number of nitrogen functional groups attached to an aromatic ring is 1. The predicted molar refractivity (Wildman–Crippen MR) is 70.4 cm³/mol. The fourth-order valence-corrected chi connectivity index (χ4v) is 3.17. The van der Waals surface area contributed by atoms with E-state index in [2.05, 4.69) is 19.4 Å².